The minimum absolute atomic E-state index is 0.189. The maximum Gasteiger partial charge on any atom is 0.241 e. The van der Waals surface area contributed by atoms with Crippen LogP contribution in [0.15, 0.2) is 12.1 Å². The number of nitrogens with zero attached hydrogens (tertiary/aromatic N) is 4. The Morgan fingerprint density at radius 2 is 2.00 bits per heavy atom. The van der Waals surface area contributed by atoms with Crippen LogP contribution in [0.1, 0.15) is 74.4 Å². The van der Waals surface area contributed by atoms with E-state index in [1.807, 2.05) is 6.07 Å². The molecule has 5 heteroatoms. The molecule has 114 valence electrons. The summed E-state index contributed by atoms with van der Waals surface area (Å²) in [6, 6.07) is 4.59. The molecule has 2 heterocycles. The van der Waals surface area contributed by atoms with Gasteiger partial charge in [-0.3, -0.25) is 0 Å². The lowest BCUT2D eigenvalue weighted by molar-refractivity contribution is 0.382. The molecule has 0 aliphatic heterocycles. The van der Waals surface area contributed by atoms with E-state index in [1.165, 1.54) is 42.8 Å². The van der Waals surface area contributed by atoms with Crippen molar-refractivity contribution in [1.29, 1.82) is 0 Å². The van der Waals surface area contributed by atoms with Crippen LogP contribution in [0.2, 0.25) is 0 Å². The van der Waals surface area contributed by atoms with Gasteiger partial charge in [-0.25, -0.2) is 4.85 Å². The third-order valence-electron chi connectivity index (χ3n) is 4.98. The first-order valence-electron chi connectivity index (χ1n) is 8.04. The standard InChI is InChI=1S/C17H20N4S/c1-17(2,13-9-10-14(18-3)22-13)16-20-19-15(11-5-4-6-11)21(16)12-7-8-12/h9-12H,4-8H2,1-2H3. The molecule has 0 spiro atoms. The average molecular weight is 312 g/mol. The molecular formula is C17H20N4S. The van der Waals surface area contributed by atoms with E-state index >= 15 is 0 Å². The van der Waals surface area contributed by atoms with Crippen LogP contribution in [0.25, 0.3) is 4.85 Å². The molecular weight excluding hydrogens is 292 g/mol. The first-order chi connectivity index (χ1) is 10.6. The van der Waals surface area contributed by atoms with Crippen LogP contribution < -0.4 is 0 Å². The smallest absolute Gasteiger partial charge is 0.241 e. The average Bonchev–Trinajstić information content (AvgIpc) is 3.00. The minimum Gasteiger partial charge on any atom is -0.311 e. The minimum atomic E-state index is -0.189. The van der Waals surface area contributed by atoms with Crippen LogP contribution in [-0.4, -0.2) is 14.8 Å². The molecule has 0 saturated heterocycles. The van der Waals surface area contributed by atoms with Gasteiger partial charge in [0.15, 0.2) is 0 Å². The zero-order valence-corrected chi connectivity index (χ0v) is 13.9. The lowest BCUT2D eigenvalue weighted by Gasteiger charge is -2.28. The predicted octanol–water partition coefficient (Wildman–Crippen LogP) is 4.82. The molecule has 4 nitrogen and oxygen atoms in total. The second-order valence-electron chi connectivity index (χ2n) is 6.99. The van der Waals surface area contributed by atoms with Crippen molar-refractivity contribution in [3.8, 4) is 0 Å². The zero-order valence-electron chi connectivity index (χ0n) is 13.0. The van der Waals surface area contributed by atoms with Crippen molar-refractivity contribution in [3.05, 3.63) is 40.1 Å². The highest BCUT2D eigenvalue weighted by Crippen LogP contribution is 2.46. The van der Waals surface area contributed by atoms with Gasteiger partial charge in [0.2, 0.25) is 5.00 Å². The van der Waals surface area contributed by atoms with Crippen LogP contribution in [0.3, 0.4) is 0 Å². The van der Waals surface area contributed by atoms with Gasteiger partial charge in [0.1, 0.15) is 11.6 Å². The van der Waals surface area contributed by atoms with Crippen molar-refractivity contribution in [1.82, 2.24) is 14.8 Å². The van der Waals surface area contributed by atoms with E-state index in [0.29, 0.717) is 12.0 Å². The van der Waals surface area contributed by atoms with E-state index in [0.717, 1.165) is 10.8 Å². The van der Waals surface area contributed by atoms with Crippen LogP contribution in [0.4, 0.5) is 5.00 Å². The van der Waals surface area contributed by atoms with Crippen molar-refractivity contribution in [2.75, 3.05) is 0 Å². The molecule has 2 aromatic rings. The Morgan fingerprint density at radius 1 is 1.23 bits per heavy atom. The molecule has 0 amide bonds. The molecule has 0 unspecified atom stereocenters. The molecule has 2 aliphatic rings. The Hall–Kier alpha value is -1.67. The van der Waals surface area contributed by atoms with Crippen LogP contribution >= 0.6 is 11.3 Å². The number of hydrogen-bond donors (Lipinski definition) is 0. The number of hydrogen-bond acceptors (Lipinski definition) is 3. The van der Waals surface area contributed by atoms with Crippen molar-refractivity contribution in [2.45, 2.75) is 63.3 Å². The molecule has 0 atom stereocenters. The third kappa shape index (κ3) is 2.09. The highest BCUT2D eigenvalue weighted by Gasteiger charge is 2.39. The molecule has 0 N–H and O–H groups in total. The van der Waals surface area contributed by atoms with E-state index in [-0.39, 0.29) is 5.41 Å². The van der Waals surface area contributed by atoms with E-state index in [9.17, 15) is 0 Å². The van der Waals surface area contributed by atoms with E-state index in [2.05, 4.69) is 39.5 Å². The fraction of sp³-hybridized carbons (Fsp3) is 0.588. The van der Waals surface area contributed by atoms with Crippen molar-refractivity contribution < 1.29 is 0 Å². The summed E-state index contributed by atoms with van der Waals surface area (Å²) in [6.45, 7) is 11.6. The van der Waals surface area contributed by atoms with Gasteiger partial charge in [-0.05, 0) is 45.6 Å². The summed E-state index contributed by atoms with van der Waals surface area (Å²) in [7, 11) is 0. The zero-order chi connectivity index (χ0) is 15.3. The first-order valence-corrected chi connectivity index (χ1v) is 8.86. The third-order valence-corrected chi connectivity index (χ3v) is 6.28. The monoisotopic (exact) mass is 312 g/mol. The summed E-state index contributed by atoms with van der Waals surface area (Å²) >= 11 is 1.58. The van der Waals surface area contributed by atoms with Crippen LogP contribution in [0.5, 0.6) is 0 Å². The fourth-order valence-electron chi connectivity index (χ4n) is 3.20. The summed E-state index contributed by atoms with van der Waals surface area (Å²) in [4.78, 5) is 4.75. The highest BCUT2D eigenvalue weighted by atomic mass is 32.1. The Morgan fingerprint density at radius 3 is 2.55 bits per heavy atom. The van der Waals surface area contributed by atoms with Crippen molar-refractivity contribution >= 4 is 16.3 Å². The summed E-state index contributed by atoms with van der Waals surface area (Å²) in [5.74, 6) is 2.90. The van der Waals surface area contributed by atoms with E-state index in [1.54, 1.807) is 11.3 Å². The van der Waals surface area contributed by atoms with E-state index < -0.39 is 0 Å². The Kier molecular flexibility index (Phi) is 3.12. The fourth-order valence-corrected chi connectivity index (χ4v) is 4.09. The quantitative estimate of drug-likeness (QED) is 0.759. The summed E-state index contributed by atoms with van der Waals surface area (Å²) < 4.78 is 2.43. The van der Waals surface area contributed by atoms with Crippen molar-refractivity contribution in [3.63, 3.8) is 0 Å². The van der Waals surface area contributed by atoms with Gasteiger partial charge >= 0.3 is 0 Å². The summed E-state index contributed by atoms with van der Waals surface area (Å²) in [5.41, 5.74) is -0.189. The Labute approximate surface area is 135 Å². The van der Waals surface area contributed by atoms with Gasteiger partial charge in [-0.2, -0.15) is 11.3 Å². The topological polar surface area (TPSA) is 35.1 Å². The summed E-state index contributed by atoms with van der Waals surface area (Å²) in [5, 5.41) is 9.93. The number of aromatic nitrogens is 3. The van der Waals surface area contributed by atoms with Gasteiger partial charge < -0.3 is 4.57 Å². The second kappa shape index (κ2) is 4.92. The molecule has 22 heavy (non-hydrogen) atoms. The van der Waals surface area contributed by atoms with Gasteiger partial charge in [0, 0.05) is 16.8 Å². The molecule has 2 aliphatic carbocycles. The molecule has 2 aromatic heterocycles. The van der Waals surface area contributed by atoms with Crippen LogP contribution in [-0.2, 0) is 5.41 Å². The van der Waals surface area contributed by atoms with Crippen LogP contribution in [0, 0.1) is 6.57 Å². The largest absolute Gasteiger partial charge is 0.311 e. The van der Waals surface area contributed by atoms with E-state index in [4.69, 9.17) is 6.57 Å². The Bertz CT molecular complexity index is 741. The molecule has 0 aromatic carbocycles. The summed E-state index contributed by atoms with van der Waals surface area (Å²) in [6.07, 6.45) is 6.33. The van der Waals surface area contributed by atoms with Gasteiger partial charge in [-0.1, -0.05) is 12.5 Å². The lowest BCUT2D eigenvalue weighted by atomic mass is 9.84. The second-order valence-corrected chi connectivity index (χ2v) is 8.05. The lowest BCUT2D eigenvalue weighted by Crippen LogP contribution is -2.25. The molecule has 0 bridgehead atoms. The highest BCUT2D eigenvalue weighted by molar-refractivity contribution is 7.16. The normalized spacial score (nSPS) is 19.0. The molecule has 2 saturated carbocycles. The maximum absolute atomic E-state index is 7.18. The SMILES string of the molecule is [C-]#[N+]c1ccc(C(C)(C)c2nnc(C3CCC3)n2C2CC2)s1. The van der Waals surface area contributed by atoms with Crippen molar-refractivity contribution in [2.24, 2.45) is 0 Å². The number of rotatable bonds is 4. The first kappa shape index (κ1) is 14.0. The van der Waals surface area contributed by atoms with Gasteiger partial charge in [0.25, 0.3) is 0 Å². The van der Waals surface area contributed by atoms with Gasteiger partial charge in [-0.15, -0.1) is 10.2 Å². The number of thiophene rings is 1. The molecule has 0 radical (unpaired) electrons. The molecule has 2 fully saturated rings. The Balaban J connectivity index is 1.77. The predicted molar refractivity (Wildman–Crippen MR) is 87.6 cm³/mol. The molecule has 4 rings (SSSR count). The van der Waals surface area contributed by atoms with Gasteiger partial charge in [0.05, 0.1) is 12.0 Å². The maximum atomic E-state index is 7.18.